The van der Waals surface area contributed by atoms with Crippen LogP contribution in [0.2, 0.25) is 0 Å². The Hall–Kier alpha value is -0.390. The van der Waals surface area contributed by atoms with E-state index in [9.17, 15) is 5.11 Å². The first kappa shape index (κ1) is 16.7. The molecule has 0 aliphatic heterocycles. The minimum absolute atomic E-state index is 0.156. The molecule has 3 nitrogen and oxygen atoms in total. The van der Waals surface area contributed by atoms with Gasteiger partial charge >= 0.3 is 0 Å². The first-order valence-corrected chi connectivity index (χ1v) is 8.62. The van der Waals surface area contributed by atoms with Gasteiger partial charge < -0.3 is 15.2 Å². The molecule has 1 aromatic carbocycles. The SMILES string of the molecule is COc1cc(CNCCCCCSC)cc(Br)c1O. The number of methoxy groups -OCH3 is 1. The number of hydrogen-bond acceptors (Lipinski definition) is 4. The topological polar surface area (TPSA) is 41.5 Å². The lowest BCUT2D eigenvalue weighted by atomic mass is 10.2. The number of aromatic hydroxyl groups is 1. The summed E-state index contributed by atoms with van der Waals surface area (Å²) in [6.45, 7) is 1.81. The second-order valence-corrected chi connectivity index (χ2v) is 6.20. The van der Waals surface area contributed by atoms with Crippen LogP contribution in [0.1, 0.15) is 24.8 Å². The van der Waals surface area contributed by atoms with Crippen molar-refractivity contribution < 1.29 is 9.84 Å². The number of thioether (sulfide) groups is 1. The van der Waals surface area contributed by atoms with Crippen molar-refractivity contribution in [2.75, 3.05) is 25.7 Å². The van der Waals surface area contributed by atoms with E-state index in [0.29, 0.717) is 10.2 Å². The zero-order valence-corrected chi connectivity index (χ0v) is 13.9. The molecule has 0 heterocycles. The zero-order chi connectivity index (χ0) is 14.1. The normalized spacial score (nSPS) is 10.7. The molecule has 0 spiro atoms. The minimum Gasteiger partial charge on any atom is -0.503 e. The molecule has 19 heavy (non-hydrogen) atoms. The number of phenolic OH excluding ortho intramolecular Hbond substituents is 1. The van der Waals surface area contributed by atoms with E-state index in [0.717, 1.165) is 18.7 Å². The summed E-state index contributed by atoms with van der Waals surface area (Å²) in [4.78, 5) is 0. The highest BCUT2D eigenvalue weighted by atomic mass is 79.9. The monoisotopic (exact) mass is 347 g/mol. The van der Waals surface area contributed by atoms with Crippen molar-refractivity contribution >= 4 is 27.7 Å². The van der Waals surface area contributed by atoms with Crippen LogP contribution >= 0.6 is 27.7 Å². The highest BCUT2D eigenvalue weighted by Crippen LogP contribution is 2.35. The molecule has 0 aliphatic carbocycles. The predicted molar refractivity (Wildman–Crippen MR) is 86.3 cm³/mol. The van der Waals surface area contributed by atoms with Gasteiger partial charge in [0.25, 0.3) is 0 Å². The van der Waals surface area contributed by atoms with Crippen molar-refractivity contribution in [1.82, 2.24) is 5.32 Å². The van der Waals surface area contributed by atoms with Gasteiger partial charge in [-0.1, -0.05) is 6.42 Å². The molecule has 2 N–H and O–H groups in total. The van der Waals surface area contributed by atoms with Crippen molar-refractivity contribution in [2.24, 2.45) is 0 Å². The maximum absolute atomic E-state index is 9.72. The summed E-state index contributed by atoms with van der Waals surface area (Å²) in [6, 6.07) is 3.78. The number of rotatable bonds is 9. The van der Waals surface area contributed by atoms with E-state index in [-0.39, 0.29) is 5.75 Å². The molecule has 0 atom stereocenters. The Morgan fingerprint density at radius 3 is 2.79 bits per heavy atom. The Kier molecular flexibility index (Phi) is 8.34. The van der Waals surface area contributed by atoms with Crippen molar-refractivity contribution in [3.05, 3.63) is 22.2 Å². The van der Waals surface area contributed by atoms with Crippen LogP contribution in [0.3, 0.4) is 0 Å². The van der Waals surface area contributed by atoms with Crippen LogP contribution in [0.15, 0.2) is 16.6 Å². The van der Waals surface area contributed by atoms with E-state index in [1.165, 1.54) is 25.0 Å². The fourth-order valence-corrected chi connectivity index (χ4v) is 2.77. The van der Waals surface area contributed by atoms with Crippen LogP contribution in [-0.4, -0.2) is 30.8 Å². The number of hydrogen-bond donors (Lipinski definition) is 2. The number of nitrogens with one attached hydrogen (secondary N) is 1. The summed E-state index contributed by atoms with van der Waals surface area (Å²) in [7, 11) is 1.56. The van der Waals surface area contributed by atoms with Crippen LogP contribution in [0.25, 0.3) is 0 Å². The van der Waals surface area contributed by atoms with Crippen molar-refractivity contribution in [3.8, 4) is 11.5 Å². The van der Waals surface area contributed by atoms with E-state index in [1.54, 1.807) is 7.11 Å². The first-order valence-electron chi connectivity index (χ1n) is 6.44. The third kappa shape index (κ3) is 6.06. The average molecular weight is 348 g/mol. The van der Waals surface area contributed by atoms with Gasteiger partial charge in [-0.15, -0.1) is 0 Å². The number of benzene rings is 1. The van der Waals surface area contributed by atoms with E-state index < -0.39 is 0 Å². The third-order valence-corrected chi connectivity index (χ3v) is 4.14. The van der Waals surface area contributed by atoms with Gasteiger partial charge in [-0.2, -0.15) is 11.8 Å². The highest BCUT2D eigenvalue weighted by Gasteiger charge is 2.08. The second-order valence-electron chi connectivity index (χ2n) is 4.36. The van der Waals surface area contributed by atoms with Crippen LogP contribution in [0.4, 0.5) is 0 Å². The van der Waals surface area contributed by atoms with Crippen LogP contribution in [0, 0.1) is 0 Å². The predicted octanol–water partition coefficient (Wildman–Crippen LogP) is 3.79. The van der Waals surface area contributed by atoms with Gasteiger partial charge in [-0.25, -0.2) is 0 Å². The fourth-order valence-electron chi connectivity index (χ4n) is 1.79. The number of halogens is 1. The summed E-state index contributed by atoms with van der Waals surface area (Å²) in [5, 5.41) is 13.1. The first-order chi connectivity index (χ1) is 9.19. The molecule has 0 aromatic heterocycles. The molecule has 0 saturated carbocycles. The van der Waals surface area contributed by atoms with Gasteiger partial charge in [0.15, 0.2) is 11.5 Å². The van der Waals surface area contributed by atoms with Gasteiger partial charge in [-0.05, 0) is 65.0 Å². The molecule has 0 radical (unpaired) electrons. The summed E-state index contributed by atoms with van der Waals surface area (Å²) in [5.41, 5.74) is 1.10. The summed E-state index contributed by atoms with van der Waals surface area (Å²) in [6.07, 6.45) is 5.92. The minimum atomic E-state index is 0.156. The van der Waals surface area contributed by atoms with Gasteiger partial charge in [0.2, 0.25) is 0 Å². The summed E-state index contributed by atoms with van der Waals surface area (Å²) >= 11 is 5.23. The molecule has 0 fully saturated rings. The third-order valence-electron chi connectivity index (χ3n) is 2.84. The fraction of sp³-hybridized carbons (Fsp3) is 0.571. The van der Waals surface area contributed by atoms with Crippen molar-refractivity contribution in [2.45, 2.75) is 25.8 Å². The van der Waals surface area contributed by atoms with Gasteiger partial charge in [0.1, 0.15) is 0 Å². The van der Waals surface area contributed by atoms with Gasteiger partial charge in [0.05, 0.1) is 11.6 Å². The largest absolute Gasteiger partial charge is 0.503 e. The van der Waals surface area contributed by atoms with Gasteiger partial charge in [-0.3, -0.25) is 0 Å². The van der Waals surface area contributed by atoms with Crippen LogP contribution < -0.4 is 10.1 Å². The number of phenols is 1. The summed E-state index contributed by atoms with van der Waals surface area (Å²) < 4.78 is 5.80. The second kappa shape index (κ2) is 9.50. The number of ether oxygens (including phenoxy) is 1. The Balaban J connectivity index is 2.31. The molecule has 0 unspecified atom stereocenters. The van der Waals surface area contributed by atoms with Crippen molar-refractivity contribution in [1.29, 1.82) is 0 Å². The van der Waals surface area contributed by atoms with Crippen LogP contribution in [0.5, 0.6) is 11.5 Å². The zero-order valence-electron chi connectivity index (χ0n) is 11.5. The Bertz CT molecular complexity index is 388. The highest BCUT2D eigenvalue weighted by molar-refractivity contribution is 9.10. The molecule has 1 aromatic rings. The van der Waals surface area contributed by atoms with E-state index in [1.807, 2.05) is 23.9 Å². The van der Waals surface area contributed by atoms with E-state index >= 15 is 0 Å². The molecule has 0 amide bonds. The maximum atomic E-state index is 9.72. The molecular weight excluding hydrogens is 326 g/mol. The molecule has 5 heteroatoms. The Morgan fingerprint density at radius 2 is 2.11 bits per heavy atom. The lowest BCUT2D eigenvalue weighted by Gasteiger charge is -2.10. The lowest BCUT2D eigenvalue weighted by molar-refractivity contribution is 0.371. The molecule has 0 aliphatic rings. The maximum Gasteiger partial charge on any atom is 0.172 e. The van der Waals surface area contributed by atoms with Gasteiger partial charge in [0, 0.05) is 6.54 Å². The van der Waals surface area contributed by atoms with E-state index in [4.69, 9.17) is 4.74 Å². The average Bonchev–Trinajstić information content (AvgIpc) is 2.41. The quantitative estimate of drug-likeness (QED) is 0.667. The standard InChI is InChI=1S/C14H22BrNO2S/c1-18-13-9-11(8-12(15)14(13)17)10-16-6-4-3-5-7-19-2/h8-9,16-17H,3-7,10H2,1-2H3. The smallest absolute Gasteiger partial charge is 0.172 e. The molecule has 108 valence electrons. The summed E-state index contributed by atoms with van der Waals surface area (Å²) in [5.74, 6) is 1.91. The number of unbranched alkanes of at least 4 members (excludes halogenated alkanes) is 2. The molecule has 0 bridgehead atoms. The van der Waals surface area contributed by atoms with Crippen molar-refractivity contribution in [3.63, 3.8) is 0 Å². The Labute approximate surface area is 128 Å². The molecule has 1 rings (SSSR count). The van der Waals surface area contributed by atoms with E-state index in [2.05, 4.69) is 27.5 Å². The molecule has 0 saturated heterocycles. The molecular formula is C14H22BrNO2S. The Morgan fingerprint density at radius 1 is 1.32 bits per heavy atom. The lowest BCUT2D eigenvalue weighted by Crippen LogP contribution is -2.14. The van der Waals surface area contributed by atoms with Crippen LogP contribution in [-0.2, 0) is 6.54 Å².